The van der Waals surface area contributed by atoms with Gasteiger partial charge in [-0.2, -0.15) is 0 Å². The van der Waals surface area contributed by atoms with Crippen molar-refractivity contribution in [2.24, 2.45) is 0 Å². The van der Waals surface area contributed by atoms with Crippen LogP contribution in [0.2, 0.25) is 0 Å². The second-order valence-corrected chi connectivity index (χ2v) is 5.18. The highest BCUT2D eigenvalue weighted by Gasteiger charge is 2.25. The highest BCUT2D eigenvalue weighted by atomic mass is 16.3. The van der Waals surface area contributed by atoms with Gasteiger partial charge in [-0.1, -0.05) is 12.1 Å². The Bertz CT molecular complexity index is 673. The van der Waals surface area contributed by atoms with E-state index in [1.165, 1.54) is 6.26 Å². The standard InChI is InChI=1S/C16H16N2O3/c1-10-4-2-5-12(15(19)17-11-7-8-11)14(10)18-16(20)13-6-3-9-21-13/h2-6,9,11H,7-8H2,1H3,(H,17,19)(H,18,20). The van der Waals surface area contributed by atoms with E-state index < -0.39 is 0 Å². The van der Waals surface area contributed by atoms with E-state index in [9.17, 15) is 9.59 Å². The zero-order valence-electron chi connectivity index (χ0n) is 11.7. The molecule has 2 aromatic rings. The van der Waals surface area contributed by atoms with Crippen molar-refractivity contribution < 1.29 is 14.0 Å². The number of rotatable bonds is 4. The summed E-state index contributed by atoms with van der Waals surface area (Å²) in [6.45, 7) is 1.85. The molecule has 0 aliphatic heterocycles. The summed E-state index contributed by atoms with van der Waals surface area (Å²) in [6, 6.07) is 8.87. The maximum Gasteiger partial charge on any atom is 0.291 e. The first-order valence-electron chi connectivity index (χ1n) is 6.90. The number of carbonyl (C=O) groups is 2. The molecule has 21 heavy (non-hydrogen) atoms. The molecule has 1 saturated carbocycles. The molecule has 0 unspecified atom stereocenters. The SMILES string of the molecule is Cc1cccc(C(=O)NC2CC2)c1NC(=O)c1ccco1. The normalized spacial score (nSPS) is 13.8. The first kappa shape index (κ1) is 13.4. The van der Waals surface area contributed by atoms with Gasteiger partial charge in [-0.05, 0) is 43.5 Å². The Morgan fingerprint density at radius 1 is 1.14 bits per heavy atom. The minimum atomic E-state index is -0.366. The molecule has 1 aliphatic carbocycles. The van der Waals surface area contributed by atoms with Crippen molar-refractivity contribution in [3.05, 3.63) is 53.5 Å². The maximum atomic E-state index is 12.3. The van der Waals surface area contributed by atoms with Crippen LogP contribution < -0.4 is 10.6 Å². The maximum absolute atomic E-state index is 12.3. The molecule has 2 amide bonds. The van der Waals surface area contributed by atoms with Crippen molar-refractivity contribution in [2.75, 3.05) is 5.32 Å². The number of benzene rings is 1. The van der Waals surface area contributed by atoms with Gasteiger partial charge in [0.25, 0.3) is 11.8 Å². The van der Waals surface area contributed by atoms with Gasteiger partial charge in [0.1, 0.15) is 0 Å². The molecule has 0 atom stereocenters. The highest BCUT2D eigenvalue weighted by molar-refractivity contribution is 6.08. The number of furan rings is 1. The molecule has 3 rings (SSSR count). The van der Waals surface area contributed by atoms with Crippen LogP contribution in [-0.4, -0.2) is 17.9 Å². The molecule has 2 N–H and O–H groups in total. The molecule has 108 valence electrons. The van der Waals surface area contributed by atoms with Gasteiger partial charge in [0.15, 0.2) is 5.76 Å². The summed E-state index contributed by atoms with van der Waals surface area (Å²) in [4.78, 5) is 24.4. The van der Waals surface area contributed by atoms with E-state index in [-0.39, 0.29) is 23.6 Å². The fourth-order valence-electron chi connectivity index (χ4n) is 2.10. The van der Waals surface area contributed by atoms with E-state index in [2.05, 4.69) is 10.6 Å². The summed E-state index contributed by atoms with van der Waals surface area (Å²) in [6.07, 6.45) is 3.48. The molecular weight excluding hydrogens is 268 g/mol. The topological polar surface area (TPSA) is 71.3 Å². The molecule has 0 radical (unpaired) electrons. The number of hydrogen-bond donors (Lipinski definition) is 2. The lowest BCUT2D eigenvalue weighted by atomic mass is 10.1. The van der Waals surface area contributed by atoms with Gasteiger partial charge in [0, 0.05) is 6.04 Å². The van der Waals surface area contributed by atoms with Crippen molar-refractivity contribution in [1.82, 2.24) is 5.32 Å². The third kappa shape index (κ3) is 2.97. The van der Waals surface area contributed by atoms with Crippen LogP contribution in [0, 0.1) is 6.92 Å². The minimum absolute atomic E-state index is 0.157. The average Bonchev–Trinajstić information content (AvgIpc) is 3.10. The van der Waals surface area contributed by atoms with E-state index in [4.69, 9.17) is 4.42 Å². The van der Waals surface area contributed by atoms with Gasteiger partial charge < -0.3 is 15.1 Å². The number of carbonyl (C=O) groups excluding carboxylic acids is 2. The molecule has 1 heterocycles. The molecule has 1 aliphatic rings. The molecule has 0 bridgehead atoms. The Kier molecular flexibility index (Phi) is 3.48. The van der Waals surface area contributed by atoms with Crippen LogP contribution in [0.1, 0.15) is 39.3 Å². The Hall–Kier alpha value is -2.56. The third-order valence-electron chi connectivity index (χ3n) is 3.41. The summed E-state index contributed by atoms with van der Waals surface area (Å²) < 4.78 is 5.07. The van der Waals surface area contributed by atoms with Crippen LogP contribution in [0.15, 0.2) is 41.0 Å². The Morgan fingerprint density at radius 2 is 1.95 bits per heavy atom. The van der Waals surface area contributed by atoms with Gasteiger partial charge in [-0.3, -0.25) is 9.59 Å². The largest absolute Gasteiger partial charge is 0.459 e. The summed E-state index contributed by atoms with van der Waals surface area (Å²) in [5.41, 5.74) is 1.83. The first-order chi connectivity index (χ1) is 10.1. The van der Waals surface area contributed by atoms with Gasteiger partial charge in [0.05, 0.1) is 17.5 Å². The van der Waals surface area contributed by atoms with E-state index in [0.717, 1.165) is 18.4 Å². The fourth-order valence-corrected chi connectivity index (χ4v) is 2.10. The van der Waals surface area contributed by atoms with Crippen molar-refractivity contribution >= 4 is 17.5 Å². The molecule has 5 nitrogen and oxygen atoms in total. The van der Waals surface area contributed by atoms with Gasteiger partial charge in [-0.25, -0.2) is 0 Å². The van der Waals surface area contributed by atoms with E-state index in [0.29, 0.717) is 11.3 Å². The summed E-state index contributed by atoms with van der Waals surface area (Å²) in [7, 11) is 0. The van der Waals surface area contributed by atoms with E-state index >= 15 is 0 Å². The highest BCUT2D eigenvalue weighted by Crippen LogP contribution is 2.24. The van der Waals surface area contributed by atoms with Gasteiger partial charge >= 0.3 is 0 Å². The lowest BCUT2D eigenvalue weighted by Gasteiger charge is -2.13. The average molecular weight is 284 g/mol. The lowest BCUT2D eigenvalue weighted by Crippen LogP contribution is -2.27. The number of amides is 2. The van der Waals surface area contributed by atoms with Gasteiger partial charge in [0.2, 0.25) is 0 Å². The Morgan fingerprint density at radius 3 is 2.62 bits per heavy atom. The number of para-hydroxylation sites is 1. The van der Waals surface area contributed by atoms with E-state index in [1.54, 1.807) is 24.3 Å². The second-order valence-electron chi connectivity index (χ2n) is 5.18. The van der Waals surface area contributed by atoms with Crippen molar-refractivity contribution in [3.63, 3.8) is 0 Å². The smallest absolute Gasteiger partial charge is 0.291 e. The lowest BCUT2D eigenvalue weighted by molar-refractivity contribution is 0.0952. The Labute approximate surface area is 122 Å². The zero-order chi connectivity index (χ0) is 14.8. The summed E-state index contributed by atoms with van der Waals surface area (Å²) in [5, 5.41) is 5.69. The predicted molar refractivity (Wildman–Crippen MR) is 78.3 cm³/mol. The minimum Gasteiger partial charge on any atom is -0.459 e. The van der Waals surface area contributed by atoms with Crippen LogP contribution in [-0.2, 0) is 0 Å². The number of hydrogen-bond acceptors (Lipinski definition) is 3. The predicted octanol–water partition coefficient (Wildman–Crippen LogP) is 2.73. The van der Waals surface area contributed by atoms with Crippen molar-refractivity contribution in [3.8, 4) is 0 Å². The van der Waals surface area contributed by atoms with Crippen LogP contribution in [0.25, 0.3) is 0 Å². The first-order valence-corrected chi connectivity index (χ1v) is 6.90. The third-order valence-corrected chi connectivity index (χ3v) is 3.41. The molecule has 1 aromatic carbocycles. The summed E-state index contributed by atoms with van der Waals surface area (Å²) >= 11 is 0. The second kappa shape index (κ2) is 5.44. The number of anilines is 1. The molecule has 0 spiro atoms. The monoisotopic (exact) mass is 284 g/mol. The molecule has 5 heteroatoms. The van der Waals surface area contributed by atoms with Crippen LogP contribution in [0.3, 0.4) is 0 Å². The van der Waals surface area contributed by atoms with E-state index in [1.807, 2.05) is 13.0 Å². The van der Waals surface area contributed by atoms with Crippen LogP contribution >= 0.6 is 0 Å². The molecule has 1 fully saturated rings. The number of aryl methyl sites for hydroxylation is 1. The summed E-state index contributed by atoms with van der Waals surface area (Å²) in [5.74, 6) is -0.308. The molecule has 0 saturated heterocycles. The number of nitrogens with one attached hydrogen (secondary N) is 2. The quantitative estimate of drug-likeness (QED) is 0.906. The van der Waals surface area contributed by atoms with Crippen LogP contribution in [0.5, 0.6) is 0 Å². The van der Waals surface area contributed by atoms with Gasteiger partial charge in [-0.15, -0.1) is 0 Å². The molecule has 1 aromatic heterocycles. The van der Waals surface area contributed by atoms with Crippen LogP contribution in [0.4, 0.5) is 5.69 Å². The van der Waals surface area contributed by atoms with Crippen molar-refractivity contribution in [2.45, 2.75) is 25.8 Å². The van der Waals surface area contributed by atoms with Crippen molar-refractivity contribution in [1.29, 1.82) is 0 Å². The molecular formula is C16H16N2O3. The fraction of sp³-hybridized carbons (Fsp3) is 0.250. The Balaban J connectivity index is 1.85. The zero-order valence-corrected chi connectivity index (χ0v) is 11.7.